The first-order chi connectivity index (χ1) is 9.83. The van der Waals surface area contributed by atoms with Crippen LogP contribution in [0.5, 0.6) is 0 Å². The average Bonchev–Trinajstić information content (AvgIpc) is 2.52. The van der Waals surface area contributed by atoms with Crippen molar-refractivity contribution in [2.45, 2.75) is 18.3 Å². The van der Waals surface area contributed by atoms with Gasteiger partial charge in [-0.2, -0.15) is 5.26 Å². The second-order valence-corrected chi connectivity index (χ2v) is 4.78. The van der Waals surface area contributed by atoms with Crippen molar-refractivity contribution in [1.82, 2.24) is 15.0 Å². The second kappa shape index (κ2) is 7.56. The normalized spacial score (nSPS) is 10.0. The summed E-state index contributed by atoms with van der Waals surface area (Å²) >= 11 is 3.37. The zero-order valence-corrected chi connectivity index (χ0v) is 12.5. The van der Waals surface area contributed by atoms with Crippen molar-refractivity contribution >= 4 is 21.9 Å². The topological polar surface area (TPSA) is 65.7 Å². The first-order valence-electron chi connectivity index (χ1n) is 6.21. The maximum Gasteiger partial charge on any atom is 0.225 e. The van der Waals surface area contributed by atoms with Crippen LogP contribution >= 0.6 is 15.9 Å². The van der Waals surface area contributed by atoms with Gasteiger partial charge in [-0.3, -0.25) is 4.98 Å². The van der Waals surface area contributed by atoms with Gasteiger partial charge in [-0.05, 0) is 17.2 Å². The Hall–Kier alpha value is -2.00. The number of nitriles is 1. The lowest BCUT2D eigenvalue weighted by atomic mass is 10.2. The minimum absolute atomic E-state index is 0.434. The van der Waals surface area contributed by atoms with Gasteiger partial charge >= 0.3 is 0 Å². The minimum atomic E-state index is 0.434. The van der Waals surface area contributed by atoms with Crippen molar-refractivity contribution in [2.24, 2.45) is 0 Å². The molecule has 2 aromatic rings. The monoisotopic (exact) mass is 331 g/mol. The van der Waals surface area contributed by atoms with E-state index in [1.807, 2.05) is 23.2 Å². The molecule has 2 heterocycles. The molecular formula is C14H14BrN5. The second-order valence-electron chi connectivity index (χ2n) is 4.22. The Bertz CT molecular complexity index is 564. The van der Waals surface area contributed by atoms with Crippen LogP contribution in [0.3, 0.4) is 0 Å². The van der Waals surface area contributed by atoms with Gasteiger partial charge in [0.05, 0.1) is 12.5 Å². The first kappa shape index (κ1) is 14.4. The lowest BCUT2D eigenvalue weighted by molar-refractivity contribution is 0.760. The molecule has 0 unspecified atom stereocenters. The van der Waals surface area contributed by atoms with Gasteiger partial charge in [-0.15, -0.1) is 0 Å². The van der Waals surface area contributed by atoms with E-state index >= 15 is 0 Å². The van der Waals surface area contributed by atoms with Crippen molar-refractivity contribution in [1.29, 1.82) is 5.26 Å². The Kier molecular flexibility index (Phi) is 5.44. The molecule has 5 nitrogen and oxygen atoms in total. The Morgan fingerprint density at radius 3 is 2.60 bits per heavy atom. The number of hydrogen-bond donors (Lipinski definition) is 0. The Morgan fingerprint density at radius 2 is 2.00 bits per heavy atom. The van der Waals surface area contributed by atoms with Crippen LogP contribution in [0.1, 0.15) is 17.5 Å². The number of halogens is 1. The summed E-state index contributed by atoms with van der Waals surface area (Å²) in [5.74, 6) is 0.633. The van der Waals surface area contributed by atoms with Crippen LogP contribution in [-0.4, -0.2) is 21.5 Å². The quantitative estimate of drug-likeness (QED) is 0.761. The predicted octanol–water partition coefficient (Wildman–Crippen LogP) is 2.69. The minimum Gasteiger partial charge on any atom is -0.335 e. The Balaban J connectivity index is 2.15. The lowest BCUT2D eigenvalue weighted by Gasteiger charge is -2.21. The predicted molar refractivity (Wildman–Crippen MR) is 80.2 cm³/mol. The van der Waals surface area contributed by atoms with Crippen molar-refractivity contribution < 1.29 is 0 Å². The average molecular weight is 332 g/mol. The molecule has 0 aliphatic carbocycles. The summed E-state index contributed by atoms with van der Waals surface area (Å²) in [5.41, 5.74) is 2.09. The first-order valence-corrected chi connectivity index (χ1v) is 7.33. The lowest BCUT2D eigenvalue weighted by Crippen LogP contribution is -2.25. The van der Waals surface area contributed by atoms with Crippen LogP contribution in [0.15, 0.2) is 36.9 Å². The maximum atomic E-state index is 8.77. The number of pyridine rings is 1. The van der Waals surface area contributed by atoms with E-state index in [-0.39, 0.29) is 0 Å². The number of nitrogens with zero attached hydrogens (tertiary/aromatic N) is 5. The summed E-state index contributed by atoms with van der Waals surface area (Å²) in [4.78, 5) is 14.8. The molecular weight excluding hydrogens is 318 g/mol. The molecule has 0 bridgehead atoms. The summed E-state index contributed by atoms with van der Waals surface area (Å²) in [6.07, 6.45) is 7.57. The van der Waals surface area contributed by atoms with E-state index in [0.29, 0.717) is 25.5 Å². The SMILES string of the molecule is N#CCCN(Cc1cccnc1)c1ncc(CBr)cn1. The molecule has 6 heteroatoms. The highest BCUT2D eigenvalue weighted by molar-refractivity contribution is 9.08. The van der Waals surface area contributed by atoms with Crippen LogP contribution in [0.4, 0.5) is 5.95 Å². The number of hydrogen-bond acceptors (Lipinski definition) is 5. The third-order valence-electron chi connectivity index (χ3n) is 2.72. The molecule has 0 radical (unpaired) electrons. The molecule has 2 rings (SSSR count). The third-order valence-corrected chi connectivity index (χ3v) is 3.37. The van der Waals surface area contributed by atoms with Crippen LogP contribution < -0.4 is 4.90 Å². The van der Waals surface area contributed by atoms with E-state index in [0.717, 1.165) is 16.5 Å². The zero-order chi connectivity index (χ0) is 14.2. The van der Waals surface area contributed by atoms with E-state index in [9.17, 15) is 0 Å². The van der Waals surface area contributed by atoms with Gasteiger partial charge in [0.15, 0.2) is 0 Å². The van der Waals surface area contributed by atoms with Crippen LogP contribution in [0, 0.1) is 11.3 Å². The summed E-state index contributed by atoms with van der Waals surface area (Å²) in [5, 5.41) is 9.50. The molecule has 0 aliphatic rings. The highest BCUT2D eigenvalue weighted by Crippen LogP contribution is 2.13. The number of alkyl halides is 1. The Labute approximate surface area is 126 Å². The molecule has 0 amide bonds. The van der Waals surface area contributed by atoms with Crippen molar-refractivity contribution in [3.8, 4) is 6.07 Å². The molecule has 0 spiro atoms. The van der Waals surface area contributed by atoms with Crippen molar-refractivity contribution in [3.05, 3.63) is 48.0 Å². The fraction of sp³-hybridized carbons (Fsp3) is 0.286. The molecule has 0 saturated carbocycles. The number of aromatic nitrogens is 3. The standard InChI is InChI=1S/C14H14BrN5/c15-7-13-9-18-14(19-10-13)20(6-2-4-16)11-12-3-1-5-17-8-12/h1,3,5,8-10H,2,6-7,11H2. The molecule has 0 saturated heterocycles. The summed E-state index contributed by atoms with van der Waals surface area (Å²) in [6.45, 7) is 1.24. The van der Waals surface area contributed by atoms with Crippen LogP contribution in [0.2, 0.25) is 0 Å². The molecule has 0 N–H and O–H groups in total. The van der Waals surface area contributed by atoms with Gasteiger partial charge in [-0.1, -0.05) is 22.0 Å². The molecule has 0 atom stereocenters. The van der Waals surface area contributed by atoms with E-state index < -0.39 is 0 Å². The van der Waals surface area contributed by atoms with Crippen LogP contribution in [0.25, 0.3) is 0 Å². The maximum absolute atomic E-state index is 8.77. The van der Waals surface area contributed by atoms with Gasteiger partial charge in [0.1, 0.15) is 0 Å². The smallest absolute Gasteiger partial charge is 0.225 e. The fourth-order valence-electron chi connectivity index (χ4n) is 1.73. The Morgan fingerprint density at radius 1 is 1.20 bits per heavy atom. The molecule has 0 aliphatic heterocycles. The molecule has 20 heavy (non-hydrogen) atoms. The fourth-order valence-corrected chi connectivity index (χ4v) is 2.02. The molecule has 0 fully saturated rings. The highest BCUT2D eigenvalue weighted by Gasteiger charge is 2.10. The van der Waals surface area contributed by atoms with Gasteiger partial charge < -0.3 is 4.90 Å². The third kappa shape index (κ3) is 4.00. The summed E-state index contributed by atoms with van der Waals surface area (Å²) in [6, 6.07) is 6.05. The molecule has 2 aromatic heterocycles. The van der Waals surface area contributed by atoms with Crippen molar-refractivity contribution in [3.63, 3.8) is 0 Å². The van der Waals surface area contributed by atoms with Gasteiger partial charge in [-0.25, -0.2) is 9.97 Å². The summed E-state index contributed by atoms with van der Waals surface area (Å²) < 4.78 is 0. The molecule has 0 aromatic carbocycles. The van der Waals surface area contributed by atoms with E-state index in [4.69, 9.17) is 5.26 Å². The van der Waals surface area contributed by atoms with Gasteiger partial charge in [0, 0.05) is 43.2 Å². The largest absolute Gasteiger partial charge is 0.335 e. The number of rotatable bonds is 6. The van der Waals surface area contributed by atoms with Gasteiger partial charge in [0.2, 0.25) is 5.95 Å². The van der Waals surface area contributed by atoms with Gasteiger partial charge in [0.25, 0.3) is 0 Å². The van der Waals surface area contributed by atoms with E-state index in [1.54, 1.807) is 18.6 Å². The number of anilines is 1. The van der Waals surface area contributed by atoms with Crippen LogP contribution in [-0.2, 0) is 11.9 Å². The van der Waals surface area contributed by atoms with E-state index in [2.05, 4.69) is 37.0 Å². The zero-order valence-electron chi connectivity index (χ0n) is 10.9. The highest BCUT2D eigenvalue weighted by atomic mass is 79.9. The summed E-state index contributed by atoms with van der Waals surface area (Å²) in [7, 11) is 0. The van der Waals surface area contributed by atoms with Crippen molar-refractivity contribution in [2.75, 3.05) is 11.4 Å². The van der Waals surface area contributed by atoms with E-state index in [1.165, 1.54) is 0 Å². The molecule has 102 valence electrons.